The largest absolute Gasteiger partial charge is 0.331 e. The summed E-state index contributed by atoms with van der Waals surface area (Å²) in [7, 11) is 1.86. The van der Waals surface area contributed by atoms with Gasteiger partial charge in [-0.3, -0.25) is 9.48 Å². The zero-order valence-corrected chi connectivity index (χ0v) is 19.1. The molecular formula is C22H27N7OS. The van der Waals surface area contributed by atoms with Gasteiger partial charge >= 0.3 is 0 Å². The van der Waals surface area contributed by atoms with Gasteiger partial charge in [0.1, 0.15) is 11.6 Å². The van der Waals surface area contributed by atoms with Crippen LogP contribution in [0.3, 0.4) is 0 Å². The molecule has 31 heavy (non-hydrogen) atoms. The van der Waals surface area contributed by atoms with Gasteiger partial charge in [0.05, 0.1) is 23.1 Å². The van der Waals surface area contributed by atoms with Crippen LogP contribution in [0.5, 0.6) is 0 Å². The lowest BCUT2D eigenvalue weighted by atomic mass is 9.98. The lowest BCUT2D eigenvalue weighted by molar-refractivity contribution is -0.129. The first-order chi connectivity index (χ1) is 14.9. The SMILES string of the molecule is Cc1nc(Nc2nc(C)c(C)s2)cc([C@@H]2CCCCN2C(=O)/C=C/c2ccnn2C)n1. The fourth-order valence-corrected chi connectivity index (χ4v) is 4.59. The number of nitrogens with zero attached hydrogens (tertiary/aromatic N) is 6. The third-order valence-corrected chi connectivity index (χ3v) is 6.49. The summed E-state index contributed by atoms with van der Waals surface area (Å²) in [5, 5.41) is 8.27. The minimum atomic E-state index is -0.0699. The average Bonchev–Trinajstić information content (AvgIpc) is 3.29. The molecule has 0 radical (unpaired) electrons. The maximum atomic E-state index is 13.0. The van der Waals surface area contributed by atoms with Crippen molar-refractivity contribution >= 4 is 34.3 Å². The highest BCUT2D eigenvalue weighted by Crippen LogP contribution is 2.32. The molecule has 1 fully saturated rings. The van der Waals surface area contributed by atoms with E-state index in [1.54, 1.807) is 28.3 Å². The van der Waals surface area contributed by atoms with Crippen molar-refractivity contribution in [2.75, 3.05) is 11.9 Å². The van der Waals surface area contributed by atoms with Gasteiger partial charge in [-0.25, -0.2) is 15.0 Å². The van der Waals surface area contributed by atoms with Crippen LogP contribution in [0.4, 0.5) is 10.9 Å². The molecule has 1 aliphatic heterocycles. The first-order valence-electron chi connectivity index (χ1n) is 10.4. The van der Waals surface area contributed by atoms with Crippen LogP contribution in [0, 0.1) is 20.8 Å². The normalized spacial score (nSPS) is 16.8. The Morgan fingerprint density at radius 1 is 1.23 bits per heavy atom. The molecule has 3 aromatic heterocycles. The zero-order valence-electron chi connectivity index (χ0n) is 18.3. The molecule has 3 aromatic rings. The second-order valence-electron chi connectivity index (χ2n) is 7.77. The van der Waals surface area contributed by atoms with E-state index in [0.717, 1.165) is 48.0 Å². The van der Waals surface area contributed by atoms with E-state index in [0.29, 0.717) is 11.6 Å². The summed E-state index contributed by atoms with van der Waals surface area (Å²) in [6.45, 7) is 6.65. The number of likely N-dealkylation sites (tertiary alicyclic amines) is 1. The highest BCUT2D eigenvalue weighted by atomic mass is 32.1. The third kappa shape index (κ3) is 4.82. The lowest BCUT2D eigenvalue weighted by Crippen LogP contribution is -2.38. The predicted molar refractivity (Wildman–Crippen MR) is 122 cm³/mol. The Kier molecular flexibility index (Phi) is 6.13. The van der Waals surface area contributed by atoms with Crippen molar-refractivity contribution in [3.8, 4) is 0 Å². The second-order valence-corrected chi connectivity index (χ2v) is 8.97. The number of carbonyl (C=O) groups excluding carboxylic acids is 1. The highest BCUT2D eigenvalue weighted by Gasteiger charge is 2.28. The van der Waals surface area contributed by atoms with Gasteiger partial charge in [0, 0.05) is 36.8 Å². The lowest BCUT2D eigenvalue weighted by Gasteiger charge is -2.35. The number of thiazole rings is 1. The molecule has 4 heterocycles. The molecule has 0 aliphatic carbocycles. The number of aromatic nitrogens is 5. The monoisotopic (exact) mass is 437 g/mol. The van der Waals surface area contributed by atoms with Gasteiger partial charge in [-0.05, 0) is 52.2 Å². The molecule has 4 rings (SSSR count). The van der Waals surface area contributed by atoms with E-state index in [1.165, 1.54) is 4.88 Å². The molecule has 0 spiro atoms. The Morgan fingerprint density at radius 3 is 2.77 bits per heavy atom. The number of hydrogen-bond donors (Lipinski definition) is 1. The summed E-state index contributed by atoms with van der Waals surface area (Å²) in [5.41, 5.74) is 2.77. The van der Waals surface area contributed by atoms with Crippen molar-refractivity contribution in [3.63, 3.8) is 0 Å². The van der Waals surface area contributed by atoms with E-state index in [1.807, 2.05) is 44.0 Å². The van der Waals surface area contributed by atoms with E-state index < -0.39 is 0 Å². The topological polar surface area (TPSA) is 88.8 Å². The van der Waals surface area contributed by atoms with Crippen LogP contribution in [-0.4, -0.2) is 42.1 Å². The number of rotatable bonds is 5. The van der Waals surface area contributed by atoms with Crippen LogP contribution >= 0.6 is 11.3 Å². The van der Waals surface area contributed by atoms with E-state index >= 15 is 0 Å². The molecule has 0 bridgehead atoms. The molecule has 162 valence electrons. The molecule has 0 unspecified atom stereocenters. The van der Waals surface area contributed by atoms with E-state index in [-0.39, 0.29) is 11.9 Å². The van der Waals surface area contributed by atoms with Crippen LogP contribution in [-0.2, 0) is 11.8 Å². The summed E-state index contributed by atoms with van der Waals surface area (Å²) < 4.78 is 1.74. The minimum Gasteiger partial charge on any atom is -0.331 e. The summed E-state index contributed by atoms with van der Waals surface area (Å²) in [6.07, 6.45) is 8.11. The van der Waals surface area contributed by atoms with Crippen molar-refractivity contribution in [1.29, 1.82) is 0 Å². The van der Waals surface area contributed by atoms with Crippen LogP contribution < -0.4 is 5.32 Å². The number of piperidine rings is 1. The van der Waals surface area contributed by atoms with Gasteiger partial charge in [-0.15, -0.1) is 11.3 Å². The van der Waals surface area contributed by atoms with Gasteiger partial charge in [0.25, 0.3) is 0 Å². The standard InChI is InChI=1S/C22H27N7OS/c1-14-15(2)31-22(24-14)27-20-13-18(25-16(3)26-20)19-7-5-6-12-29(19)21(30)9-8-17-10-11-23-28(17)4/h8-11,13,19H,5-7,12H2,1-4H3,(H,24,25,26,27)/b9-8+/t19-/m0/s1. The molecule has 0 aromatic carbocycles. The third-order valence-electron chi connectivity index (χ3n) is 5.50. The maximum Gasteiger partial charge on any atom is 0.247 e. The molecule has 8 nitrogen and oxygen atoms in total. The van der Waals surface area contributed by atoms with Gasteiger partial charge in [-0.2, -0.15) is 5.10 Å². The average molecular weight is 438 g/mol. The quantitative estimate of drug-likeness (QED) is 0.605. The van der Waals surface area contributed by atoms with Gasteiger partial charge in [0.2, 0.25) is 5.91 Å². The van der Waals surface area contributed by atoms with Gasteiger partial charge < -0.3 is 10.2 Å². The molecule has 1 amide bonds. The van der Waals surface area contributed by atoms with Gasteiger partial charge in [0.15, 0.2) is 5.13 Å². The fraction of sp³-hybridized carbons (Fsp3) is 0.409. The van der Waals surface area contributed by atoms with Crippen molar-refractivity contribution < 1.29 is 4.79 Å². The first kappa shape index (κ1) is 21.2. The van der Waals surface area contributed by atoms with Crippen LogP contribution in [0.1, 0.15) is 53.1 Å². The Bertz CT molecular complexity index is 1100. The molecular weight excluding hydrogens is 410 g/mol. The minimum absolute atomic E-state index is 0.0113. The number of aryl methyl sites for hydroxylation is 4. The maximum absolute atomic E-state index is 13.0. The summed E-state index contributed by atoms with van der Waals surface area (Å²) in [6, 6.07) is 3.75. The highest BCUT2D eigenvalue weighted by molar-refractivity contribution is 7.15. The summed E-state index contributed by atoms with van der Waals surface area (Å²) in [4.78, 5) is 29.9. The Labute approximate surface area is 186 Å². The second kappa shape index (κ2) is 8.97. The first-order valence-corrected chi connectivity index (χ1v) is 11.3. The molecule has 9 heteroatoms. The number of hydrogen-bond acceptors (Lipinski definition) is 7. The molecule has 1 N–H and O–H groups in total. The van der Waals surface area contributed by atoms with Crippen LogP contribution in [0.25, 0.3) is 6.08 Å². The van der Waals surface area contributed by atoms with E-state index in [4.69, 9.17) is 0 Å². The molecule has 0 saturated carbocycles. The molecule has 1 atom stereocenters. The van der Waals surface area contributed by atoms with E-state index in [9.17, 15) is 4.79 Å². The van der Waals surface area contributed by atoms with Gasteiger partial charge in [-0.1, -0.05) is 0 Å². The van der Waals surface area contributed by atoms with Crippen molar-refractivity contribution in [2.45, 2.75) is 46.1 Å². The Balaban J connectivity index is 1.57. The van der Waals surface area contributed by atoms with Crippen molar-refractivity contribution in [3.05, 3.63) is 52.2 Å². The zero-order chi connectivity index (χ0) is 22.0. The fourth-order valence-electron chi connectivity index (χ4n) is 3.76. The predicted octanol–water partition coefficient (Wildman–Crippen LogP) is 4.10. The Hall–Kier alpha value is -3.07. The van der Waals surface area contributed by atoms with Crippen LogP contribution in [0.2, 0.25) is 0 Å². The van der Waals surface area contributed by atoms with Crippen LogP contribution in [0.15, 0.2) is 24.4 Å². The number of amides is 1. The summed E-state index contributed by atoms with van der Waals surface area (Å²) in [5.74, 6) is 1.37. The number of nitrogens with one attached hydrogen (secondary N) is 1. The number of anilines is 2. The smallest absolute Gasteiger partial charge is 0.247 e. The van der Waals surface area contributed by atoms with Crippen molar-refractivity contribution in [1.82, 2.24) is 29.6 Å². The molecule has 1 aliphatic rings. The Morgan fingerprint density at radius 2 is 2.06 bits per heavy atom. The molecule has 1 saturated heterocycles. The summed E-state index contributed by atoms with van der Waals surface area (Å²) >= 11 is 1.60. The van der Waals surface area contributed by atoms with E-state index in [2.05, 4.69) is 32.3 Å². The number of carbonyl (C=O) groups is 1. The van der Waals surface area contributed by atoms with Crippen molar-refractivity contribution in [2.24, 2.45) is 7.05 Å².